The van der Waals surface area contributed by atoms with Crippen LogP contribution in [0.2, 0.25) is 0 Å². The van der Waals surface area contributed by atoms with E-state index in [0.717, 1.165) is 0 Å². The van der Waals surface area contributed by atoms with Crippen molar-refractivity contribution in [3.8, 4) is 5.75 Å². The van der Waals surface area contributed by atoms with Crippen LogP contribution in [-0.4, -0.2) is 18.2 Å². The first-order valence-electron chi connectivity index (χ1n) is 5.09. The number of methoxy groups -OCH3 is 1. The molecule has 0 aliphatic heterocycles. The summed E-state index contributed by atoms with van der Waals surface area (Å²) in [6.45, 7) is 1.74. The number of carbonyl (C=O) groups is 1. The van der Waals surface area contributed by atoms with Gasteiger partial charge in [-0.05, 0) is 31.4 Å². The molecule has 1 N–H and O–H groups in total. The Morgan fingerprint density at radius 2 is 2.12 bits per heavy atom. The molecule has 3 nitrogen and oxygen atoms in total. The fourth-order valence-electron chi connectivity index (χ4n) is 2.02. The Balaban J connectivity index is 2.60. The second kappa shape index (κ2) is 3.47. The van der Waals surface area contributed by atoms with Crippen molar-refractivity contribution in [2.45, 2.75) is 25.2 Å². The highest BCUT2D eigenvalue weighted by molar-refractivity contribution is 5.86. The summed E-state index contributed by atoms with van der Waals surface area (Å²) in [6, 6.07) is 3.04. The maximum absolute atomic E-state index is 13.6. The molecule has 0 spiro atoms. The molecule has 1 aromatic carbocycles. The molecule has 1 aliphatic carbocycles. The van der Waals surface area contributed by atoms with Gasteiger partial charge in [-0.3, -0.25) is 4.79 Å². The summed E-state index contributed by atoms with van der Waals surface area (Å²) >= 11 is 0. The van der Waals surface area contributed by atoms with Gasteiger partial charge in [-0.25, -0.2) is 4.39 Å². The highest BCUT2D eigenvalue weighted by Gasteiger charge is 2.53. The molecule has 0 saturated heterocycles. The third-order valence-electron chi connectivity index (χ3n) is 3.07. The first-order valence-corrected chi connectivity index (χ1v) is 5.09. The monoisotopic (exact) mass is 224 g/mol. The van der Waals surface area contributed by atoms with Crippen LogP contribution in [0.25, 0.3) is 0 Å². The van der Waals surface area contributed by atoms with Gasteiger partial charge in [0.25, 0.3) is 0 Å². The van der Waals surface area contributed by atoms with Gasteiger partial charge < -0.3 is 9.84 Å². The highest BCUT2D eigenvalue weighted by atomic mass is 19.1. The third-order valence-corrected chi connectivity index (χ3v) is 3.07. The summed E-state index contributed by atoms with van der Waals surface area (Å²) < 4.78 is 18.6. The van der Waals surface area contributed by atoms with Crippen LogP contribution >= 0.6 is 0 Å². The Labute approximate surface area is 92.9 Å². The molecule has 16 heavy (non-hydrogen) atoms. The largest absolute Gasteiger partial charge is 0.493 e. The van der Waals surface area contributed by atoms with Crippen LogP contribution in [0.3, 0.4) is 0 Å². The van der Waals surface area contributed by atoms with Crippen LogP contribution in [-0.2, 0) is 10.2 Å². The molecule has 0 aromatic heterocycles. The number of carboxylic acids is 1. The first kappa shape index (κ1) is 10.9. The average Bonchev–Trinajstić information content (AvgIpc) is 2.97. The number of benzene rings is 1. The average molecular weight is 224 g/mol. The van der Waals surface area contributed by atoms with Crippen molar-refractivity contribution < 1.29 is 19.0 Å². The van der Waals surface area contributed by atoms with Gasteiger partial charge in [-0.1, -0.05) is 6.07 Å². The van der Waals surface area contributed by atoms with E-state index < -0.39 is 17.2 Å². The summed E-state index contributed by atoms with van der Waals surface area (Å²) in [4.78, 5) is 11.2. The van der Waals surface area contributed by atoms with Crippen molar-refractivity contribution in [1.29, 1.82) is 0 Å². The number of carboxylic acid groups (broad SMARTS) is 1. The third kappa shape index (κ3) is 1.45. The lowest BCUT2D eigenvalue weighted by molar-refractivity contribution is -0.140. The van der Waals surface area contributed by atoms with Crippen LogP contribution in [0.5, 0.6) is 5.75 Å². The van der Waals surface area contributed by atoms with Gasteiger partial charge in [0, 0.05) is 5.56 Å². The molecule has 0 radical (unpaired) electrons. The van der Waals surface area contributed by atoms with Crippen LogP contribution in [0, 0.1) is 12.7 Å². The Morgan fingerprint density at radius 1 is 1.50 bits per heavy atom. The van der Waals surface area contributed by atoms with Crippen LogP contribution in [0.4, 0.5) is 4.39 Å². The minimum Gasteiger partial charge on any atom is -0.493 e. The van der Waals surface area contributed by atoms with Gasteiger partial charge in [0.1, 0.15) is 0 Å². The van der Waals surface area contributed by atoms with E-state index in [-0.39, 0.29) is 5.75 Å². The van der Waals surface area contributed by atoms with E-state index in [1.807, 2.05) is 0 Å². The van der Waals surface area contributed by atoms with Crippen molar-refractivity contribution in [2.75, 3.05) is 7.11 Å². The molecule has 0 amide bonds. The van der Waals surface area contributed by atoms with Crippen LogP contribution < -0.4 is 4.74 Å². The predicted octanol–water partition coefficient (Wildman–Crippen LogP) is 2.26. The van der Waals surface area contributed by atoms with E-state index in [9.17, 15) is 14.3 Å². The van der Waals surface area contributed by atoms with Gasteiger partial charge in [0.15, 0.2) is 11.6 Å². The van der Waals surface area contributed by atoms with Gasteiger partial charge in [0.05, 0.1) is 12.5 Å². The Morgan fingerprint density at radius 3 is 2.56 bits per heavy atom. The SMILES string of the molecule is COc1c(F)cc(C)cc1C1(C(=O)O)CC1. The fraction of sp³-hybridized carbons (Fsp3) is 0.417. The lowest BCUT2D eigenvalue weighted by Gasteiger charge is -2.16. The van der Waals surface area contributed by atoms with E-state index in [4.69, 9.17) is 4.74 Å². The summed E-state index contributed by atoms with van der Waals surface area (Å²) in [7, 11) is 1.36. The molecule has 0 bridgehead atoms. The molecule has 2 rings (SSSR count). The van der Waals surface area contributed by atoms with E-state index in [1.165, 1.54) is 13.2 Å². The second-order valence-corrected chi connectivity index (χ2v) is 4.21. The molecule has 1 aliphatic rings. The summed E-state index contributed by atoms with van der Waals surface area (Å²) in [6.07, 6.45) is 1.09. The Kier molecular flexibility index (Phi) is 2.37. The number of hydrogen-bond donors (Lipinski definition) is 1. The van der Waals surface area contributed by atoms with Crippen LogP contribution in [0.1, 0.15) is 24.0 Å². The van der Waals surface area contributed by atoms with Crippen molar-refractivity contribution >= 4 is 5.97 Å². The Bertz CT molecular complexity index is 450. The Hall–Kier alpha value is -1.58. The van der Waals surface area contributed by atoms with Crippen LogP contribution in [0.15, 0.2) is 12.1 Å². The molecule has 1 saturated carbocycles. The number of aliphatic carboxylic acids is 1. The standard InChI is InChI=1S/C12H13FO3/c1-7-5-8(10(16-2)9(13)6-7)12(3-4-12)11(14)15/h5-6H,3-4H2,1-2H3,(H,14,15). The lowest BCUT2D eigenvalue weighted by atomic mass is 9.93. The summed E-state index contributed by atoms with van der Waals surface area (Å²) in [5.74, 6) is -1.34. The zero-order chi connectivity index (χ0) is 11.9. The van der Waals surface area contributed by atoms with E-state index >= 15 is 0 Å². The molecular weight excluding hydrogens is 211 g/mol. The predicted molar refractivity (Wildman–Crippen MR) is 56.2 cm³/mol. The smallest absolute Gasteiger partial charge is 0.314 e. The molecule has 4 heteroatoms. The number of hydrogen-bond acceptors (Lipinski definition) is 2. The van der Waals surface area contributed by atoms with Crippen molar-refractivity contribution in [3.63, 3.8) is 0 Å². The normalized spacial score (nSPS) is 16.9. The van der Waals surface area contributed by atoms with Crippen molar-refractivity contribution in [1.82, 2.24) is 0 Å². The van der Waals surface area contributed by atoms with Gasteiger partial charge in [0.2, 0.25) is 0 Å². The summed E-state index contributed by atoms with van der Waals surface area (Å²) in [5.41, 5.74) is 0.235. The van der Waals surface area contributed by atoms with Gasteiger partial charge in [-0.15, -0.1) is 0 Å². The molecule has 0 heterocycles. The highest BCUT2D eigenvalue weighted by Crippen LogP contribution is 2.52. The quantitative estimate of drug-likeness (QED) is 0.856. The van der Waals surface area contributed by atoms with Gasteiger partial charge >= 0.3 is 5.97 Å². The fourth-order valence-corrected chi connectivity index (χ4v) is 2.02. The maximum Gasteiger partial charge on any atom is 0.314 e. The topological polar surface area (TPSA) is 46.5 Å². The van der Waals surface area contributed by atoms with Crippen molar-refractivity contribution in [3.05, 3.63) is 29.1 Å². The minimum absolute atomic E-state index is 0.0606. The van der Waals surface area contributed by atoms with Gasteiger partial charge in [-0.2, -0.15) is 0 Å². The zero-order valence-electron chi connectivity index (χ0n) is 9.21. The first-order chi connectivity index (χ1) is 7.51. The maximum atomic E-state index is 13.6. The molecule has 0 unspecified atom stereocenters. The number of aryl methyl sites for hydroxylation is 1. The summed E-state index contributed by atoms with van der Waals surface area (Å²) in [5, 5.41) is 9.18. The lowest BCUT2D eigenvalue weighted by Crippen LogP contribution is -2.21. The molecule has 86 valence electrons. The minimum atomic E-state index is -0.932. The van der Waals surface area contributed by atoms with E-state index in [0.29, 0.717) is 24.0 Å². The number of halogens is 1. The second-order valence-electron chi connectivity index (χ2n) is 4.21. The zero-order valence-corrected chi connectivity index (χ0v) is 9.21. The molecule has 1 fully saturated rings. The number of ether oxygens (including phenoxy) is 1. The van der Waals surface area contributed by atoms with E-state index in [2.05, 4.69) is 0 Å². The van der Waals surface area contributed by atoms with Crippen molar-refractivity contribution in [2.24, 2.45) is 0 Å². The molecule has 1 aromatic rings. The number of rotatable bonds is 3. The van der Waals surface area contributed by atoms with E-state index in [1.54, 1.807) is 13.0 Å². The molecule has 0 atom stereocenters. The molecular formula is C12H13FO3.